The van der Waals surface area contributed by atoms with Crippen molar-refractivity contribution in [3.05, 3.63) is 29.8 Å². The molecule has 0 aliphatic heterocycles. The van der Waals surface area contributed by atoms with Gasteiger partial charge in [0.1, 0.15) is 11.5 Å². The van der Waals surface area contributed by atoms with E-state index in [1.165, 1.54) is 12.8 Å². The lowest BCUT2D eigenvalue weighted by Gasteiger charge is -2.30. The van der Waals surface area contributed by atoms with Gasteiger partial charge in [-0.3, -0.25) is 4.79 Å². The molecule has 0 spiro atoms. The van der Waals surface area contributed by atoms with E-state index in [4.69, 9.17) is 4.74 Å². The van der Waals surface area contributed by atoms with Gasteiger partial charge in [0, 0.05) is 12.3 Å². The number of hydrogen-bond acceptors (Lipinski definition) is 4. The highest BCUT2D eigenvalue weighted by atomic mass is 32.2. The predicted octanol–water partition coefficient (Wildman–Crippen LogP) is 5.14. The molecular formula is C24H36O4S. The molecule has 1 aromatic carbocycles. The minimum absolute atomic E-state index is 0.0583. The number of carbonyl (C=O) groups is 1. The zero-order valence-electron chi connectivity index (χ0n) is 18.2. The van der Waals surface area contributed by atoms with Crippen molar-refractivity contribution < 1.29 is 17.9 Å². The van der Waals surface area contributed by atoms with Crippen LogP contribution in [0.3, 0.4) is 0 Å². The van der Waals surface area contributed by atoms with Crippen LogP contribution in [0.4, 0.5) is 0 Å². The SMILES string of the molecule is CC(C)(C)S(=O)(=O)CC1CCC(C(=O)Cc2cccc(OC3CCCC3)c2)CC1. The third-order valence-corrected chi connectivity index (χ3v) is 9.35. The Morgan fingerprint density at radius 3 is 2.31 bits per heavy atom. The van der Waals surface area contributed by atoms with E-state index in [2.05, 4.69) is 0 Å². The van der Waals surface area contributed by atoms with Crippen LogP contribution in [0.1, 0.15) is 77.7 Å². The van der Waals surface area contributed by atoms with Crippen molar-refractivity contribution in [2.24, 2.45) is 11.8 Å². The maximum Gasteiger partial charge on any atom is 0.155 e. The second-order valence-electron chi connectivity index (χ2n) is 9.93. The van der Waals surface area contributed by atoms with E-state index >= 15 is 0 Å². The van der Waals surface area contributed by atoms with E-state index < -0.39 is 14.6 Å². The second-order valence-corrected chi connectivity index (χ2v) is 12.7. The van der Waals surface area contributed by atoms with E-state index in [0.717, 1.165) is 49.8 Å². The highest BCUT2D eigenvalue weighted by Crippen LogP contribution is 2.33. The van der Waals surface area contributed by atoms with E-state index in [1.54, 1.807) is 20.8 Å². The number of carbonyl (C=O) groups excluding carboxylic acids is 1. The number of benzene rings is 1. The Labute approximate surface area is 176 Å². The monoisotopic (exact) mass is 420 g/mol. The fraction of sp³-hybridized carbons (Fsp3) is 0.708. The van der Waals surface area contributed by atoms with Crippen LogP contribution < -0.4 is 4.74 Å². The van der Waals surface area contributed by atoms with Crippen LogP contribution in [0.25, 0.3) is 0 Å². The van der Waals surface area contributed by atoms with Crippen molar-refractivity contribution in [2.45, 2.75) is 89.4 Å². The normalized spacial score (nSPS) is 23.8. The molecule has 0 atom stereocenters. The van der Waals surface area contributed by atoms with Crippen molar-refractivity contribution in [3.63, 3.8) is 0 Å². The van der Waals surface area contributed by atoms with Gasteiger partial charge in [0.05, 0.1) is 16.6 Å². The van der Waals surface area contributed by atoms with Crippen molar-refractivity contribution in [1.29, 1.82) is 0 Å². The summed E-state index contributed by atoms with van der Waals surface area (Å²) in [7, 11) is -3.10. The summed E-state index contributed by atoms with van der Waals surface area (Å²) in [4.78, 5) is 12.8. The van der Waals surface area contributed by atoms with Crippen molar-refractivity contribution in [1.82, 2.24) is 0 Å². The molecule has 0 unspecified atom stereocenters. The minimum Gasteiger partial charge on any atom is -0.490 e. The Bertz CT molecular complexity index is 792. The maximum absolute atomic E-state index is 12.8. The molecular weight excluding hydrogens is 384 g/mol. The number of hydrogen-bond donors (Lipinski definition) is 0. The van der Waals surface area contributed by atoms with Crippen molar-refractivity contribution >= 4 is 15.6 Å². The zero-order chi connectivity index (χ0) is 21.1. The van der Waals surface area contributed by atoms with Gasteiger partial charge in [-0.2, -0.15) is 0 Å². The highest BCUT2D eigenvalue weighted by molar-refractivity contribution is 7.92. The fourth-order valence-electron chi connectivity index (χ4n) is 4.48. The van der Waals surface area contributed by atoms with Crippen molar-refractivity contribution in [3.8, 4) is 5.75 Å². The molecule has 0 saturated heterocycles. The molecule has 5 heteroatoms. The molecule has 0 heterocycles. The lowest BCUT2D eigenvalue weighted by atomic mass is 9.79. The van der Waals surface area contributed by atoms with E-state index in [0.29, 0.717) is 12.5 Å². The Balaban J connectivity index is 1.50. The first-order chi connectivity index (χ1) is 13.6. The number of rotatable bonds is 7. The number of Topliss-reactive ketones (excluding diaryl/α,β-unsaturated/α-hetero) is 1. The summed E-state index contributed by atoms with van der Waals surface area (Å²) in [6, 6.07) is 7.97. The van der Waals surface area contributed by atoms with Gasteiger partial charge in [-0.05, 0) is 95.8 Å². The Kier molecular flexibility index (Phi) is 7.08. The Morgan fingerprint density at radius 2 is 1.69 bits per heavy atom. The molecule has 29 heavy (non-hydrogen) atoms. The molecule has 4 nitrogen and oxygen atoms in total. The average molecular weight is 421 g/mol. The number of ketones is 1. The first kappa shape index (κ1) is 22.3. The highest BCUT2D eigenvalue weighted by Gasteiger charge is 2.34. The summed E-state index contributed by atoms with van der Waals surface area (Å²) < 4.78 is 30.3. The van der Waals surface area contributed by atoms with E-state index in [9.17, 15) is 13.2 Å². The smallest absolute Gasteiger partial charge is 0.155 e. The topological polar surface area (TPSA) is 60.4 Å². The molecule has 3 rings (SSSR count). The first-order valence-electron chi connectivity index (χ1n) is 11.1. The van der Waals surface area contributed by atoms with Crippen LogP contribution in [-0.2, 0) is 21.1 Å². The summed E-state index contributed by atoms with van der Waals surface area (Å²) in [5, 5.41) is 0. The third kappa shape index (κ3) is 6.07. The molecule has 1 aromatic rings. The summed E-state index contributed by atoms with van der Waals surface area (Å²) >= 11 is 0. The molecule has 2 aliphatic rings. The molecule has 0 bridgehead atoms. The summed E-state index contributed by atoms with van der Waals surface area (Å²) in [5.41, 5.74) is 1.02. The standard InChI is InChI=1S/C24H36O4S/c1-24(2,3)29(26,27)17-18-11-13-20(14-12-18)23(25)16-19-7-6-10-22(15-19)28-21-8-4-5-9-21/h6-7,10,15,18,20-21H,4-5,8-9,11-14,16-17H2,1-3H3. The van der Waals surface area contributed by atoms with Gasteiger partial charge in [-0.1, -0.05) is 12.1 Å². The predicted molar refractivity (Wildman–Crippen MR) is 117 cm³/mol. The fourth-order valence-corrected chi connectivity index (χ4v) is 5.94. The summed E-state index contributed by atoms with van der Waals surface area (Å²) in [6.07, 6.45) is 8.76. The van der Waals surface area contributed by atoms with Gasteiger partial charge in [0.15, 0.2) is 9.84 Å². The Morgan fingerprint density at radius 1 is 1.03 bits per heavy atom. The average Bonchev–Trinajstić information content (AvgIpc) is 3.14. The minimum atomic E-state index is -3.10. The van der Waals surface area contributed by atoms with Crippen molar-refractivity contribution in [2.75, 3.05) is 5.75 Å². The second kappa shape index (κ2) is 9.20. The summed E-state index contributed by atoms with van der Waals surface area (Å²) in [6.45, 7) is 5.30. The molecule has 0 radical (unpaired) electrons. The van der Waals surface area contributed by atoms with Gasteiger partial charge in [-0.25, -0.2) is 8.42 Å². The maximum atomic E-state index is 12.8. The molecule has 2 saturated carbocycles. The number of sulfone groups is 1. The summed E-state index contributed by atoms with van der Waals surface area (Å²) in [5.74, 6) is 1.64. The first-order valence-corrected chi connectivity index (χ1v) is 12.8. The third-order valence-electron chi connectivity index (χ3n) is 6.57. The van der Waals surface area contributed by atoms with Gasteiger partial charge in [0.2, 0.25) is 0 Å². The van der Waals surface area contributed by atoms with E-state index in [-0.39, 0.29) is 23.4 Å². The molecule has 0 amide bonds. The number of ether oxygens (including phenoxy) is 1. The molecule has 2 aliphatic carbocycles. The molecule has 162 valence electrons. The van der Waals surface area contributed by atoms with Crippen LogP contribution in [0.15, 0.2) is 24.3 Å². The van der Waals surface area contributed by atoms with Gasteiger partial charge in [-0.15, -0.1) is 0 Å². The quantitative estimate of drug-likeness (QED) is 0.613. The van der Waals surface area contributed by atoms with Gasteiger partial charge >= 0.3 is 0 Å². The van der Waals surface area contributed by atoms with Gasteiger partial charge in [0.25, 0.3) is 0 Å². The van der Waals surface area contributed by atoms with Crippen LogP contribution in [-0.4, -0.2) is 30.8 Å². The molecule has 0 N–H and O–H groups in total. The van der Waals surface area contributed by atoms with Crippen LogP contribution in [0.5, 0.6) is 5.75 Å². The van der Waals surface area contributed by atoms with E-state index in [1.807, 2.05) is 24.3 Å². The molecule has 2 fully saturated rings. The van der Waals surface area contributed by atoms with Crippen LogP contribution >= 0.6 is 0 Å². The van der Waals surface area contributed by atoms with Crippen LogP contribution in [0, 0.1) is 11.8 Å². The molecule has 0 aromatic heterocycles. The Hall–Kier alpha value is -1.36. The largest absolute Gasteiger partial charge is 0.490 e. The lowest BCUT2D eigenvalue weighted by Crippen LogP contribution is -2.35. The lowest BCUT2D eigenvalue weighted by molar-refractivity contribution is -0.123. The zero-order valence-corrected chi connectivity index (χ0v) is 19.0. The van der Waals surface area contributed by atoms with Crippen LogP contribution in [0.2, 0.25) is 0 Å². The van der Waals surface area contributed by atoms with Gasteiger partial charge < -0.3 is 4.74 Å².